The second-order valence-corrected chi connectivity index (χ2v) is 14.9. The molecule has 0 N–H and O–H groups in total. The molecule has 0 spiro atoms. The quantitative estimate of drug-likeness (QED) is 0.163. The van der Waals surface area contributed by atoms with Crippen molar-refractivity contribution >= 4 is 32.7 Å². The highest BCUT2D eigenvalue weighted by molar-refractivity contribution is 6.19. The van der Waals surface area contributed by atoms with E-state index in [1.54, 1.807) is 0 Å². The maximum Gasteiger partial charge on any atom is 0.161 e. The largest absolute Gasteiger partial charge is 0.455 e. The van der Waals surface area contributed by atoms with Crippen LogP contribution in [0.1, 0.15) is 0 Å². The number of aromatic nitrogens is 2. The molecule has 0 fully saturated rings. The summed E-state index contributed by atoms with van der Waals surface area (Å²) in [5.74, 6) is 0.659. The topological polar surface area (TPSA) is 38.9 Å². The molecule has 11 rings (SSSR count). The summed E-state index contributed by atoms with van der Waals surface area (Å²) in [5.41, 5.74) is 15.7. The zero-order chi connectivity index (χ0) is 39.1. The number of furan rings is 1. The minimum atomic E-state index is 0.659. The Morgan fingerprint density at radius 2 is 0.780 bits per heavy atom. The first kappa shape index (κ1) is 34.4. The normalized spacial score (nSPS) is 11.4. The second kappa shape index (κ2) is 14.6. The zero-order valence-electron chi connectivity index (χ0n) is 32.1. The predicted octanol–water partition coefficient (Wildman–Crippen LogP) is 15.2. The van der Waals surface area contributed by atoms with Crippen LogP contribution in [0.4, 0.5) is 0 Å². The van der Waals surface area contributed by atoms with Crippen molar-refractivity contribution in [2.75, 3.05) is 0 Å². The van der Waals surface area contributed by atoms with Gasteiger partial charge in [-0.05, 0) is 80.2 Å². The molecule has 0 aliphatic carbocycles. The van der Waals surface area contributed by atoms with E-state index in [1.165, 1.54) is 16.7 Å². The molecule has 0 radical (unpaired) electrons. The van der Waals surface area contributed by atoms with Gasteiger partial charge >= 0.3 is 0 Å². The summed E-state index contributed by atoms with van der Waals surface area (Å²) in [4.78, 5) is 10.8. The van der Waals surface area contributed by atoms with Gasteiger partial charge in [-0.25, -0.2) is 9.97 Å². The zero-order valence-corrected chi connectivity index (χ0v) is 32.1. The highest BCUT2D eigenvalue weighted by Gasteiger charge is 2.20. The van der Waals surface area contributed by atoms with Crippen LogP contribution in [0.2, 0.25) is 0 Å². The van der Waals surface area contributed by atoms with Crippen molar-refractivity contribution in [3.05, 3.63) is 218 Å². The SMILES string of the molecule is c1ccc(-c2ccc(-c3cc(-c4ccccc4-c4ccccc4)nc(-c4cc5c6cc(-c7cccc(-c8ccccc8)c7)ccc6oc5c5ccccc45)n3)cc2)cc1. The molecule has 0 aliphatic rings. The van der Waals surface area contributed by atoms with E-state index in [4.69, 9.17) is 14.4 Å². The van der Waals surface area contributed by atoms with Gasteiger partial charge in [0.25, 0.3) is 0 Å². The lowest BCUT2D eigenvalue weighted by molar-refractivity contribution is 0.673. The Kier molecular flexibility index (Phi) is 8.49. The number of hydrogen-bond donors (Lipinski definition) is 0. The molecule has 0 amide bonds. The van der Waals surface area contributed by atoms with Crippen LogP contribution in [0.15, 0.2) is 223 Å². The Hall–Kier alpha value is -7.88. The molecule has 0 bridgehead atoms. The van der Waals surface area contributed by atoms with Gasteiger partial charge < -0.3 is 4.42 Å². The van der Waals surface area contributed by atoms with Gasteiger partial charge in [0.15, 0.2) is 5.82 Å². The van der Waals surface area contributed by atoms with Gasteiger partial charge in [0.1, 0.15) is 11.2 Å². The first-order chi connectivity index (χ1) is 29.2. The van der Waals surface area contributed by atoms with Gasteiger partial charge in [0, 0.05) is 32.8 Å². The van der Waals surface area contributed by atoms with E-state index in [0.29, 0.717) is 5.82 Å². The average Bonchev–Trinajstić information content (AvgIpc) is 3.70. The standard InChI is InChI=1S/C56H36N2O/c1-4-15-37(16-5-1)39-27-29-41(30-28-39)52-36-53(47-25-12-10-23-45(47)40-19-8-3-9-20-40)58-56(57-52)51-35-50-49-34-44(43-22-14-21-42(33-43)38-17-6-2-7-18-38)31-32-54(49)59-55(50)48-26-13-11-24-46(48)51/h1-36H. The number of benzene rings is 9. The van der Waals surface area contributed by atoms with Crippen molar-refractivity contribution in [2.24, 2.45) is 0 Å². The lowest BCUT2D eigenvalue weighted by atomic mass is 9.95. The minimum Gasteiger partial charge on any atom is -0.455 e. The van der Waals surface area contributed by atoms with Crippen molar-refractivity contribution in [1.29, 1.82) is 0 Å². The molecule has 59 heavy (non-hydrogen) atoms. The van der Waals surface area contributed by atoms with E-state index in [1.807, 2.05) is 6.07 Å². The van der Waals surface area contributed by atoms with Crippen LogP contribution in [-0.4, -0.2) is 9.97 Å². The third-order valence-electron chi connectivity index (χ3n) is 11.3. The maximum atomic E-state index is 6.70. The lowest BCUT2D eigenvalue weighted by Gasteiger charge is -2.14. The molecule has 9 aromatic carbocycles. The fraction of sp³-hybridized carbons (Fsp3) is 0. The molecule has 3 nitrogen and oxygen atoms in total. The van der Waals surface area contributed by atoms with Gasteiger partial charge in [-0.2, -0.15) is 0 Å². The molecular weight excluding hydrogens is 717 g/mol. The molecule has 276 valence electrons. The summed E-state index contributed by atoms with van der Waals surface area (Å²) in [6.07, 6.45) is 0. The summed E-state index contributed by atoms with van der Waals surface area (Å²) in [7, 11) is 0. The first-order valence-electron chi connectivity index (χ1n) is 20.0. The van der Waals surface area contributed by atoms with Crippen LogP contribution in [0.3, 0.4) is 0 Å². The Labute approximate surface area is 342 Å². The highest BCUT2D eigenvalue weighted by atomic mass is 16.3. The number of rotatable bonds is 7. The van der Waals surface area contributed by atoms with E-state index in [2.05, 4.69) is 212 Å². The lowest BCUT2D eigenvalue weighted by Crippen LogP contribution is -1.98. The van der Waals surface area contributed by atoms with Gasteiger partial charge in [-0.15, -0.1) is 0 Å². The average molecular weight is 753 g/mol. The molecule has 3 heteroatoms. The molecule has 11 aromatic rings. The Balaban J connectivity index is 1.12. The van der Waals surface area contributed by atoms with Crippen LogP contribution in [0, 0.1) is 0 Å². The Morgan fingerprint density at radius 1 is 0.271 bits per heavy atom. The van der Waals surface area contributed by atoms with Gasteiger partial charge in [-0.3, -0.25) is 0 Å². The summed E-state index contributed by atoms with van der Waals surface area (Å²) < 4.78 is 6.70. The maximum absolute atomic E-state index is 6.70. The molecule has 0 saturated carbocycles. The Bertz CT molecular complexity index is 3300. The van der Waals surface area contributed by atoms with E-state index in [9.17, 15) is 0 Å². The molecule has 2 aromatic heterocycles. The number of fused-ring (bicyclic) bond motifs is 5. The van der Waals surface area contributed by atoms with E-state index in [-0.39, 0.29) is 0 Å². The second-order valence-electron chi connectivity index (χ2n) is 14.9. The highest BCUT2D eigenvalue weighted by Crippen LogP contribution is 2.42. The summed E-state index contributed by atoms with van der Waals surface area (Å²) in [5, 5.41) is 4.14. The van der Waals surface area contributed by atoms with Gasteiger partial charge in [0.05, 0.1) is 11.4 Å². The molecule has 0 aliphatic heterocycles. The third-order valence-corrected chi connectivity index (χ3v) is 11.3. The van der Waals surface area contributed by atoms with Crippen LogP contribution in [0.5, 0.6) is 0 Å². The van der Waals surface area contributed by atoms with Crippen molar-refractivity contribution in [3.63, 3.8) is 0 Å². The van der Waals surface area contributed by atoms with Crippen molar-refractivity contribution in [1.82, 2.24) is 9.97 Å². The summed E-state index contributed by atoms with van der Waals surface area (Å²) in [6, 6.07) is 76.8. The fourth-order valence-corrected chi connectivity index (χ4v) is 8.37. The van der Waals surface area contributed by atoms with Gasteiger partial charge in [0.2, 0.25) is 0 Å². The van der Waals surface area contributed by atoms with Crippen molar-refractivity contribution in [2.45, 2.75) is 0 Å². The first-order valence-corrected chi connectivity index (χ1v) is 20.0. The van der Waals surface area contributed by atoms with E-state index < -0.39 is 0 Å². The predicted molar refractivity (Wildman–Crippen MR) is 245 cm³/mol. The fourth-order valence-electron chi connectivity index (χ4n) is 8.37. The number of hydrogen-bond acceptors (Lipinski definition) is 3. The monoisotopic (exact) mass is 752 g/mol. The summed E-state index contributed by atoms with van der Waals surface area (Å²) in [6.45, 7) is 0. The Morgan fingerprint density at radius 3 is 1.51 bits per heavy atom. The smallest absolute Gasteiger partial charge is 0.161 e. The third kappa shape index (κ3) is 6.36. The van der Waals surface area contributed by atoms with E-state index >= 15 is 0 Å². The van der Waals surface area contributed by atoms with Crippen LogP contribution in [-0.2, 0) is 0 Å². The van der Waals surface area contributed by atoms with Crippen LogP contribution < -0.4 is 0 Å². The van der Waals surface area contributed by atoms with Gasteiger partial charge in [-0.1, -0.05) is 188 Å². The minimum absolute atomic E-state index is 0.659. The van der Waals surface area contributed by atoms with Crippen LogP contribution >= 0.6 is 0 Å². The molecule has 0 saturated heterocycles. The van der Waals surface area contributed by atoms with Crippen molar-refractivity contribution < 1.29 is 4.42 Å². The molecule has 0 unspecified atom stereocenters. The molecule has 0 atom stereocenters. The molecular formula is C56H36N2O. The number of nitrogens with zero attached hydrogens (tertiary/aromatic N) is 2. The summed E-state index contributed by atoms with van der Waals surface area (Å²) >= 11 is 0. The van der Waals surface area contributed by atoms with Crippen LogP contribution in [0.25, 0.3) is 111 Å². The van der Waals surface area contributed by atoms with E-state index in [0.717, 1.165) is 88.6 Å². The van der Waals surface area contributed by atoms with Crippen molar-refractivity contribution in [3.8, 4) is 78.4 Å². The molecule has 2 heterocycles.